The number of rotatable bonds is 4. The molecule has 0 unspecified atom stereocenters. The van der Waals surface area contributed by atoms with E-state index in [0.717, 1.165) is 25.1 Å². The Morgan fingerprint density at radius 1 is 1.25 bits per heavy atom. The average Bonchev–Trinajstić information content (AvgIpc) is 3.34. The molecule has 4 aromatic heterocycles. The Balaban J connectivity index is 1.49. The third-order valence-electron chi connectivity index (χ3n) is 2.95. The SMILES string of the molecule is O=C(Nc1nc(-c2ccc(Br)s2)ns1)c1cc(-c2cccs2)on1. The van der Waals surface area contributed by atoms with Crippen molar-refractivity contribution in [3.8, 4) is 21.3 Å². The van der Waals surface area contributed by atoms with Crippen molar-refractivity contribution in [1.29, 1.82) is 0 Å². The summed E-state index contributed by atoms with van der Waals surface area (Å²) in [4.78, 5) is 18.4. The highest BCUT2D eigenvalue weighted by Crippen LogP contribution is 2.31. The minimum absolute atomic E-state index is 0.203. The van der Waals surface area contributed by atoms with Gasteiger partial charge in [-0.15, -0.1) is 22.7 Å². The molecule has 0 aliphatic carbocycles. The summed E-state index contributed by atoms with van der Waals surface area (Å²) in [7, 11) is 0. The number of hydrogen-bond donors (Lipinski definition) is 1. The molecule has 0 radical (unpaired) electrons. The molecule has 1 amide bonds. The number of carbonyl (C=O) groups excluding carboxylic acids is 1. The van der Waals surface area contributed by atoms with Crippen LogP contribution in [0.4, 0.5) is 5.13 Å². The first-order valence-corrected chi connectivity index (χ1v) is 9.86. The predicted octanol–water partition coefficient (Wildman–Crippen LogP) is 5.00. The summed E-state index contributed by atoms with van der Waals surface area (Å²) in [6.07, 6.45) is 0. The summed E-state index contributed by atoms with van der Waals surface area (Å²) in [6.45, 7) is 0. The maximum atomic E-state index is 12.3. The third-order valence-corrected chi connectivity index (χ3v) is 6.08. The Morgan fingerprint density at radius 2 is 2.17 bits per heavy atom. The first kappa shape index (κ1) is 15.6. The molecule has 4 rings (SSSR count). The summed E-state index contributed by atoms with van der Waals surface area (Å²) in [5, 5.41) is 8.85. The first-order valence-electron chi connectivity index (χ1n) is 6.60. The smallest absolute Gasteiger partial charge is 0.279 e. The van der Waals surface area contributed by atoms with Crippen LogP contribution in [0.2, 0.25) is 0 Å². The quantitative estimate of drug-likeness (QED) is 0.484. The Bertz CT molecular complexity index is 989. The summed E-state index contributed by atoms with van der Waals surface area (Å²) in [5.74, 6) is 0.776. The van der Waals surface area contributed by atoms with Crippen LogP contribution in [0.15, 0.2) is 44.0 Å². The van der Waals surface area contributed by atoms with Crippen molar-refractivity contribution in [2.24, 2.45) is 0 Å². The zero-order valence-electron chi connectivity index (χ0n) is 11.7. The molecule has 4 aromatic rings. The maximum absolute atomic E-state index is 12.3. The molecule has 0 bridgehead atoms. The highest BCUT2D eigenvalue weighted by atomic mass is 79.9. The standard InChI is InChI=1S/C14H7BrN4O2S3/c15-11-4-3-10(23-11)12-16-14(24-19-12)17-13(20)7-6-8(21-18-7)9-2-1-5-22-9/h1-6H,(H,16,17,19,20). The molecule has 0 aliphatic rings. The lowest BCUT2D eigenvalue weighted by molar-refractivity contribution is 0.101. The minimum Gasteiger partial charge on any atom is -0.355 e. The summed E-state index contributed by atoms with van der Waals surface area (Å²) < 4.78 is 10.5. The van der Waals surface area contributed by atoms with E-state index in [0.29, 0.717) is 16.7 Å². The first-order chi connectivity index (χ1) is 11.7. The maximum Gasteiger partial charge on any atom is 0.279 e. The molecule has 0 aliphatic heterocycles. The highest BCUT2D eigenvalue weighted by molar-refractivity contribution is 9.11. The third kappa shape index (κ3) is 3.18. The Morgan fingerprint density at radius 3 is 2.92 bits per heavy atom. The highest BCUT2D eigenvalue weighted by Gasteiger charge is 2.17. The van der Waals surface area contributed by atoms with Crippen LogP contribution < -0.4 is 5.32 Å². The van der Waals surface area contributed by atoms with E-state index < -0.39 is 0 Å². The van der Waals surface area contributed by atoms with Gasteiger partial charge in [-0.05, 0) is 39.5 Å². The van der Waals surface area contributed by atoms with Gasteiger partial charge >= 0.3 is 0 Å². The van der Waals surface area contributed by atoms with Crippen LogP contribution in [-0.4, -0.2) is 20.4 Å². The van der Waals surface area contributed by atoms with Gasteiger partial charge in [0.2, 0.25) is 5.13 Å². The number of nitrogens with one attached hydrogen (secondary N) is 1. The summed E-state index contributed by atoms with van der Waals surface area (Å²) in [5.41, 5.74) is 0.203. The van der Waals surface area contributed by atoms with Gasteiger partial charge in [-0.1, -0.05) is 11.2 Å². The lowest BCUT2D eigenvalue weighted by Gasteiger charge is -1.95. The summed E-state index contributed by atoms with van der Waals surface area (Å²) in [6, 6.07) is 9.28. The molecule has 120 valence electrons. The van der Waals surface area contributed by atoms with Gasteiger partial charge in [0.25, 0.3) is 5.91 Å². The van der Waals surface area contributed by atoms with Crippen LogP contribution in [0, 0.1) is 0 Å². The van der Waals surface area contributed by atoms with Crippen LogP contribution in [0.25, 0.3) is 21.3 Å². The Labute approximate surface area is 156 Å². The second-order valence-electron chi connectivity index (χ2n) is 4.53. The molecule has 0 spiro atoms. The number of aromatic nitrogens is 3. The van der Waals surface area contributed by atoms with E-state index in [1.165, 1.54) is 22.7 Å². The number of halogens is 1. The molecule has 0 fully saturated rings. The molecule has 0 aromatic carbocycles. The van der Waals surface area contributed by atoms with E-state index in [2.05, 4.69) is 35.8 Å². The van der Waals surface area contributed by atoms with Crippen molar-refractivity contribution in [2.75, 3.05) is 5.32 Å². The number of carbonyl (C=O) groups is 1. The van der Waals surface area contributed by atoms with Crippen molar-refractivity contribution in [1.82, 2.24) is 14.5 Å². The fraction of sp³-hybridized carbons (Fsp3) is 0. The van der Waals surface area contributed by atoms with Crippen molar-refractivity contribution < 1.29 is 9.32 Å². The molecular weight excluding hydrogens is 432 g/mol. The zero-order valence-corrected chi connectivity index (χ0v) is 15.8. The number of thiophene rings is 2. The molecule has 10 heteroatoms. The molecule has 1 N–H and O–H groups in total. The van der Waals surface area contributed by atoms with Crippen LogP contribution in [0.1, 0.15) is 10.5 Å². The fourth-order valence-corrected chi connectivity index (χ4v) is 4.52. The lowest BCUT2D eigenvalue weighted by Crippen LogP contribution is -2.11. The molecule has 0 saturated heterocycles. The Kier molecular flexibility index (Phi) is 4.27. The lowest BCUT2D eigenvalue weighted by atomic mass is 10.3. The molecule has 0 atom stereocenters. The van der Waals surface area contributed by atoms with Crippen LogP contribution in [-0.2, 0) is 0 Å². The number of amides is 1. The van der Waals surface area contributed by atoms with Gasteiger partial charge in [0.1, 0.15) is 0 Å². The molecule has 0 saturated carbocycles. The second-order valence-corrected chi connectivity index (χ2v) is 8.70. The van der Waals surface area contributed by atoms with Crippen molar-refractivity contribution in [3.63, 3.8) is 0 Å². The Hall–Kier alpha value is -1.88. The topological polar surface area (TPSA) is 80.9 Å². The molecule has 6 nitrogen and oxygen atoms in total. The van der Waals surface area contributed by atoms with Crippen LogP contribution in [0.3, 0.4) is 0 Å². The van der Waals surface area contributed by atoms with Crippen LogP contribution >= 0.6 is 50.1 Å². The number of hydrogen-bond acceptors (Lipinski definition) is 8. The van der Waals surface area contributed by atoms with E-state index in [4.69, 9.17) is 4.52 Å². The fourth-order valence-electron chi connectivity index (χ4n) is 1.89. The van der Waals surface area contributed by atoms with E-state index in [1.807, 2.05) is 29.6 Å². The number of anilines is 1. The average molecular weight is 439 g/mol. The largest absolute Gasteiger partial charge is 0.355 e. The van der Waals surface area contributed by atoms with Gasteiger partial charge in [0, 0.05) is 17.6 Å². The zero-order chi connectivity index (χ0) is 16.5. The summed E-state index contributed by atoms with van der Waals surface area (Å²) >= 11 is 7.58. The normalized spacial score (nSPS) is 10.9. The van der Waals surface area contributed by atoms with E-state index in [1.54, 1.807) is 6.07 Å². The minimum atomic E-state index is -0.378. The van der Waals surface area contributed by atoms with Gasteiger partial charge in [0.05, 0.1) is 13.5 Å². The van der Waals surface area contributed by atoms with E-state index in [9.17, 15) is 4.79 Å². The van der Waals surface area contributed by atoms with Gasteiger partial charge < -0.3 is 4.52 Å². The van der Waals surface area contributed by atoms with Crippen molar-refractivity contribution in [2.45, 2.75) is 0 Å². The molecule has 4 heterocycles. The second kappa shape index (κ2) is 6.55. The van der Waals surface area contributed by atoms with Crippen LogP contribution in [0.5, 0.6) is 0 Å². The van der Waals surface area contributed by atoms with Gasteiger partial charge in [-0.3, -0.25) is 10.1 Å². The van der Waals surface area contributed by atoms with Crippen molar-refractivity contribution in [3.05, 3.63) is 45.2 Å². The van der Waals surface area contributed by atoms with E-state index >= 15 is 0 Å². The van der Waals surface area contributed by atoms with Gasteiger partial charge in [0.15, 0.2) is 17.3 Å². The molecular formula is C14H7BrN4O2S3. The molecule has 24 heavy (non-hydrogen) atoms. The number of nitrogens with zero attached hydrogens (tertiary/aromatic N) is 3. The van der Waals surface area contributed by atoms with Gasteiger partial charge in [-0.2, -0.15) is 9.36 Å². The predicted molar refractivity (Wildman–Crippen MR) is 98.7 cm³/mol. The van der Waals surface area contributed by atoms with Crippen molar-refractivity contribution >= 4 is 61.2 Å². The van der Waals surface area contributed by atoms with E-state index in [-0.39, 0.29) is 11.6 Å². The monoisotopic (exact) mass is 438 g/mol. The van der Waals surface area contributed by atoms with Gasteiger partial charge in [-0.25, -0.2) is 0 Å².